The van der Waals surface area contributed by atoms with Gasteiger partial charge in [0, 0.05) is 18.6 Å². The number of rotatable bonds is 4. The minimum atomic E-state index is -0.380. The Morgan fingerprint density at radius 3 is 2.80 bits per heavy atom. The third-order valence-electron chi connectivity index (χ3n) is 2.64. The van der Waals surface area contributed by atoms with E-state index in [1.165, 1.54) is 12.1 Å². The average molecular weight is 361 g/mol. The number of methoxy groups -OCH3 is 1. The Balaban J connectivity index is 2.33. The smallest absolute Gasteiger partial charge is 0.141 e. The Morgan fingerprint density at radius 1 is 1.40 bits per heavy atom. The van der Waals surface area contributed by atoms with Gasteiger partial charge in [-0.05, 0) is 33.6 Å². The highest BCUT2D eigenvalue weighted by Crippen LogP contribution is 2.24. The molecular weight excluding hydrogens is 349 g/mol. The molecule has 2 aromatic rings. The van der Waals surface area contributed by atoms with Gasteiger partial charge in [0.2, 0.25) is 0 Å². The number of benzene rings is 1. The number of ether oxygens (including phenoxy) is 1. The van der Waals surface area contributed by atoms with Crippen molar-refractivity contribution in [1.82, 2.24) is 9.97 Å². The van der Waals surface area contributed by atoms with Crippen molar-refractivity contribution in [2.24, 2.45) is 0 Å². The minimum Gasteiger partial charge on any atom is -0.383 e. The molecule has 0 spiro atoms. The molecule has 0 saturated heterocycles. The lowest BCUT2D eigenvalue weighted by atomic mass is 10.1. The zero-order valence-corrected chi connectivity index (χ0v) is 13.0. The van der Waals surface area contributed by atoms with Crippen molar-refractivity contribution in [3.63, 3.8) is 0 Å². The minimum absolute atomic E-state index is 0.317. The van der Waals surface area contributed by atoms with E-state index >= 15 is 0 Å². The van der Waals surface area contributed by atoms with Crippen LogP contribution in [0.15, 0.2) is 22.7 Å². The largest absolute Gasteiger partial charge is 0.383 e. The van der Waals surface area contributed by atoms with E-state index in [0.717, 1.165) is 5.56 Å². The van der Waals surface area contributed by atoms with Gasteiger partial charge in [0.15, 0.2) is 0 Å². The van der Waals surface area contributed by atoms with Gasteiger partial charge in [-0.3, -0.25) is 0 Å². The van der Waals surface area contributed by atoms with Crippen LogP contribution in [0.5, 0.6) is 0 Å². The average Bonchev–Trinajstić information content (AvgIpc) is 2.39. The molecule has 0 fully saturated rings. The monoisotopic (exact) mass is 359 g/mol. The van der Waals surface area contributed by atoms with Gasteiger partial charge in [-0.15, -0.1) is 0 Å². The van der Waals surface area contributed by atoms with Gasteiger partial charge in [-0.1, -0.05) is 17.7 Å². The summed E-state index contributed by atoms with van der Waals surface area (Å²) in [6, 6.07) is 4.21. The highest BCUT2D eigenvalue weighted by Gasteiger charge is 2.12. The fourth-order valence-corrected chi connectivity index (χ4v) is 2.24. The Morgan fingerprint density at radius 2 is 2.15 bits per heavy atom. The van der Waals surface area contributed by atoms with Crippen LogP contribution in [0.4, 0.5) is 10.2 Å². The standard InChI is InChI=1S/C13H12BrClFN3O/c1-20-6-10-12(14)13(17)19-11(18-10)4-7-2-3-8(16)5-9(7)15/h2-3,5H,4,6H2,1H3,(H2,17,18,19). The highest BCUT2D eigenvalue weighted by atomic mass is 79.9. The van der Waals surface area contributed by atoms with Crippen LogP contribution < -0.4 is 5.73 Å². The molecule has 1 aromatic heterocycles. The van der Waals surface area contributed by atoms with Crippen LogP contribution in [0.1, 0.15) is 17.1 Å². The van der Waals surface area contributed by atoms with E-state index in [9.17, 15) is 4.39 Å². The number of anilines is 1. The molecule has 7 heteroatoms. The van der Waals surface area contributed by atoms with Crippen LogP contribution >= 0.6 is 27.5 Å². The maximum Gasteiger partial charge on any atom is 0.141 e. The summed E-state index contributed by atoms with van der Waals surface area (Å²) in [5, 5.41) is 0.336. The molecule has 1 heterocycles. The van der Waals surface area contributed by atoms with Gasteiger partial charge in [0.25, 0.3) is 0 Å². The van der Waals surface area contributed by atoms with Gasteiger partial charge < -0.3 is 10.5 Å². The number of hydrogen-bond donors (Lipinski definition) is 1. The van der Waals surface area contributed by atoms with Crippen molar-refractivity contribution in [2.75, 3.05) is 12.8 Å². The number of hydrogen-bond acceptors (Lipinski definition) is 4. The molecular formula is C13H12BrClFN3O. The summed E-state index contributed by atoms with van der Waals surface area (Å²) in [5.41, 5.74) is 7.22. The van der Waals surface area contributed by atoms with E-state index in [-0.39, 0.29) is 5.82 Å². The highest BCUT2D eigenvalue weighted by molar-refractivity contribution is 9.10. The zero-order chi connectivity index (χ0) is 14.7. The van der Waals surface area contributed by atoms with Crippen molar-refractivity contribution in [3.8, 4) is 0 Å². The molecule has 0 aliphatic carbocycles. The molecule has 0 aliphatic rings. The third-order valence-corrected chi connectivity index (χ3v) is 3.85. The number of nitrogens with zero attached hydrogens (tertiary/aromatic N) is 2. The summed E-state index contributed by atoms with van der Waals surface area (Å²) in [6.07, 6.45) is 0.368. The van der Waals surface area contributed by atoms with E-state index < -0.39 is 0 Å². The topological polar surface area (TPSA) is 61.0 Å². The van der Waals surface area contributed by atoms with Crippen molar-refractivity contribution in [3.05, 3.63) is 50.6 Å². The van der Waals surface area contributed by atoms with Crippen LogP contribution in [0.3, 0.4) is 0 Å². The van der Waals surface area contributed by atoms with E-state index in [1.54, 1.807) is 13.2 Å². The number of nitrogen functional groups attached to an aromatic ring is 1. The lowest BCUT2D eigenvalue weighted by Crippen LogP contribution is -2.07. The summed E-state index contributed by atoms with van der Waals surface area (Å²) in [4.78, 5) is 8.55. The summed E-state index contributed by atoms with van der Waals surface area (Å²) in [5.74, 6) is 0.460. The van der Waals surface area contributed by atoms with Crippen molar-refractivity contribution >= 4 is 33.3 Å². The molecule has 0 atom stereocenters. The van der Waals surface area contributed by atoms with Crippen LogP contribution in [-0.4, -0.2) is 17.1 Å². The molecule has 2 N–H and O–H groups in total. The molecule has 1 aromatic carbocycles. The van der Waals surface area contributed by atoms with Crippen molar-refractivity contribution in [1.29, 1.82) is 0 Å². The first kappa shape index (κ1) is 15.2. The van der Waals surface area contributed by atoms with Crippen LogP contribution in [-0.2, 0) is 17.8 Å². The molecule has 0 bridgehead atoms. The molecule has 0 radical (unpaired) electrons. The summed E-state index contributed by atoms with van der Waals surface area (Å²) in [6.45, 7) is 0.317. The molecule has 0 amide bonds. The van der Waals surface area contributed by atoms with Gasteiger partial charge in [-0.25, -0.2) is 14.4 Å². The lowest BCUT2D eigenvalue weighted by molar-refractivity contribution is 0.180. The van der Waals surface area contributed by atoms with Crippen molar-refractivity contribution in [2.45, 2.75) is 13.0 Å². The van der Waals surface area contributed by atoms with Crippen LogP contribution in [0, 0.1) is 5.82 Å². The summed E-state index contributed by atoms with van der Waals surface area (Å²) in [7, 11) is 1.57. The summed E-state index contributed by atoms with van der Waals surface area (Å²) >= 11 is 9.31. The SMILES string of the molecule is COCc1nc(Cc2ccc(F)cc2Cl)nc(N)c1Br. The van der Waals surface area contributed by atoms with Crippen LogP contribution in [0.25, 0.3) is 0 Å². The van der Waals surface area contributed by atoms with Crippen LogP contribution in [0.2, 0.25) is 5.02 Å². The second-order valence-corrected chi connectivity index (χ2v) is 5.33. The molecule has 0 unspecified atom stereocenters. The molecule has 106 valence electrons. The van der Waals surface area contributed by atoms with Crippen molar-refractivity contribution < 1.29 is 9.13 Å². The fraction of sp³-hybridized carbons (Fsp3) is 0.231. The van der Waals surface area contributed by atoms with Gasteiger partial charge >= 0.3 is 0 Å². The molecule has 4 nitrogen and oxygen atoms in total. The maximum atomic E-state index is 13.0. The normalized spacial score (nSPS) is 10.8. The Hall–Kier alpha value is -1.24. The predicted molar refractivity (Wildman–Crippen MR) is 79.1 cm³/mol. The second kappa shape index (κ2) is 6.47. The third kappa shape index (κ3) is 3.45. The number of aromatic nitrogens is 2. The summed E-state index contributed by atoms with van der Waals surface area (Å²) < 4.78 is 18.7. The molecule has 20 heavy (non-hydrogen) atoms. The predicted octanol–water partition coefficient (Wildman–Crippen LogP) is 3.35. The maximum absolute atomic E-state index is 13.0. The zero-order valence-electron chi connectivity index (χ0n) is 10.7. The van der Waals surface area contributed by atoms with Gasteiger partial charge in [-0.2, -0.15) is 0 Å². The van der Waals surface area contributed by atoms with E-state index in [1.807, 2.05) is 0 Å². The van der Waals surface area contributed by atoms with Gasteiger partial charge in [0.1, 0.15) is 17.5 Å². The molecule has 0 saturated carbocycles. The van der Waals surface area contributed by atoms with E-state index in [4.69, 9.17) is 22.1 Å². The van der Waals surface area contributed by atoms with E-state index in [0.29, 0.717) is 39.9 Å². The number of halogens is 3. The Kier molecular flexibility index (Phi) is 4.91. The molecule has 0 aliphatic heterocycles. The first-order valence-electron chi connectivity index (χ1n) is 5.75. The Bertz CT molecular complexity index is 639. The quantitative estimate of drug-likeness (QED) is 0.908. The molecule has 2 rings (SSSR count). The fourth-order valence-electron chi connectivity index (χ4n) is 1.71. The Labute approximate surface area is 129 Å². The first-order valence-corrected chi connectivity index (χ1v) is 6.92. The first-order chi connectivity index (χ1) is 9.51. The second-order valence-electron chi connectivity index (χ2n) is 4.13. The number of nitrogens with two attached hydrogens (primary N) is 1. The lowest BCUT2D eigenvalue weighted by Gasteiger charge is -2.09. The van der Waals surface area contributed by atoms with E-state index in [2.05, 4.69) is 25.9 Å². The van der Waals surface area contributed by atoms with Gasteiger partial charge in [0.05, 0.1) is 16.8 Å².